The number of halogens is 5. The summed E-state index contributed by atoms with van der Waals surface area (Å²) < 4.78 is 77.8. The summed E-state index contributed by atoms with van der Waals surface area (Å²) in [4.78, 5) is 0. The zero-order valence-electron chi connectivity index (χ0n) is 21.2. The Morgan fingerprint density at radius 3 is 2.03 bits per heavy atom. The van der Waals surface area contributed by atoms with Crippen LogP contribution in [0.5, 0.6) is 0 Å². The fraction of sp³-hybridized carbons (Fsp3) is 0.533. The van der Waals surface area contributed by atoms with Gasteiger partial charge in [0.1, 0.15) is 11.6 Å². The van der Waals surface area contributed by atoms with Gasteiger partial charge in [-0.15, -0.1) is 0 Å². The molecule has 0 atom stereocenters. The molecule has 0 radical (unpaired) electrons. The SMILES string of the molecule is CCCCCC1CCC(C2COC(c3ccc(-c4cc(F)c(C=CC(F)(F)F)c(F)c4)cc3)OC2)CC1. The summed E-state index contributed by atoms with van der Waals surface area (Å²) in [5.74, 6) is -0.194. The molecule has 7 heteroatoms. The van der Waals surface area contributed by atoms with Gasteiger partial charge in [-0.3, -0.25) is 0 Å². The zero-order valence-corrected chi connectivity index (χ0v) is 21.2. The van der Waals surface area contributed by atoms with Gasteiger partial charge in [0.25, 0.3) is 0 Å². The minimum atomic E-state index is -4.65. The van der Waals surface area contributed by atoms with Crippen LogP contribution in [0.2, 0.25) is 0 Å². The van der Waals surface area contributed by atoms with Gasteiger partial charge in [0.2, 0.25) is 0 Å². The Morgan fingerprint density at radius 2 is 1.46 bits per heavy atom. The van der Waals surface area contributed by atoms with Gasteiger partial charge < -0.3 is 9.47 Å². The molecule has 2 nitrogen and oxygen atoms in total. The van der Waals surface area contributed by atoms with Crippen molar-refractivity contribution in [2.75, 3.05) is 13.2 Å². The van der Waals surface area contributed by atoms with Crippen molar-refractivity contribution in [3.8, 4) is 11.1 Å². The van der Waals surface area contributed by atoms with Crippen LogP contribution in [0.1, 0.15) is 75.7 Å². The average molecular weight is 523 g/mol. The number of hydrogen-bond donors (Lipinski definition) is 0. The lowest BCUT2D eigenvalue weighted by atomic mass is 9.74. The minimum Gasteiger partial charge on any atom is -0.348 e. The van der Waals surface area contributed by atoms with Crippen LogP contribution in [0.15, 0.2) is 42.5 Å². The molecule has 0 N–H and O–H groups in total. The third-order valence-corrected chi connectivity index (χ3v) is 7.73. The van der Waals surface area contributed by atoms with E-state index in [4.69, 9.17) is 9.47 Å². The fourth-order valence-electron chi connectivity index (χ4n) is 5.53. The van der Waals surface area contributed by atoms with E-state index in [-0.39, 0.29) is 11.6 Å². The van der Waals surface area contributed by atoms with Gasteiger partial charge in [-0.2, -0.15) is 13.2 Å². The molecule has 1 saturated carbocycles. The van der Waals surface area contributed by atoms with Crippen molar-refractivity contribution in [2.24, 2.45) is 17.8 Å². The first-order valence-electron chi connectivity index (χ1n) is 13.3. The van der Waals surface area contributed by atoms with Gasteiger partial charge in [0.05, 0.1) is 13.2 Å². The predicted octanol–water partition coefficient (Wildman–Crippen LogP) is 9.26. The Kier molecular flexibility index (Phi) is 9.41. The molecule has 37 heavy (non-hydrogen) atoms. The van der Waals surface area contributed by atoms with Gasteiger partial charge in [0, 0.05) is 23.1 Å². The Labute approximate surface area is 215 Å². The Morgan fingerprint density at radius 1 is 0.838 bits per heavy atom. The second-order valence-corrected chi connectivity index (χ2v) is 10.4. The maximum absolute atomic E-state index is 14.3. The second kappa shape index (κ2) is 12.5. The van der Waals surface area contributed by atoms with Crippen molar-refractivity contribution in [3.63, 3.8) is 0 Å². The van der Waals surface area contributed by atoms with E-state index in [0.717, 1.165) is 23.6 Å². The second-order valence-electron chi connectivity index (χ2n) is 10.4. The van der Waals surface area contributed by atoms with Gasteiger partial charge in [-0.05, 0) is 54.0 Å². The maximum atomic E-state index is 14.3. The van der Waals surface area contributed by atoms with Gasteiger partial charge in [-0.25, -0.2) is 8.78 Å². The molecule has 4 rings (SSSR count). The van der Waals surface area contributed by atoms with Crippen molar-refractivity contribution in [1.29, 1.82) is 0 Å². The molecule has 2 aromatic rings. The monoisotopic (exact) mass is 522 g/mol. The van der Waals surface area contributed by atoms with Gasteiger partial charge in [0.15, 0.2) is 6.29 Å². The molecule has 0 amide bonds. The van der Waals surface area contributed by atoms with Crippen molar-refractivity contribution in [3.05, 3.63) is 65.2 Å². The molecule has 1 aliphatic heterocycles. The van der Waals surface area contributed by atoms with Crippen LogP contribution in [0.25, 0.3) is 17.2 Å². The number of benzene rings is 2. The first-order valence-corrected chi connectivity index (χ1v) is 13.3. The summed E-state index contributed by atoms with van der Waals surface area (Å²) in [5, 5.41) is 0. The standard InChI is InChI=1S/C30H35F5O2/c1-2-3-4-5-20-6-8-22(9-7-20)25-18-36-29(37-19-25)23-12-10-21(11-13-23)24-16-27(31)26(28(32)17-24)14-15-30(33,34)35/h10-17,20,22,25,29H,2-9,18-19H2,1H3. The number of rotatable bonds is 8. The van der Waals surface area contributed by atoms with E-state index in [2.05, 4.69) is 6.92 Å². The number of unbranched alkanes of at least 4 members (excludes halogenated alkanes) is 2. The average Bonchev–Trinajstić information content (AvgIpc) is 2.88. The zero-order chi connectivity index (χ0) is 26.4. The summed E-state index contributed by atoms with van der Waals surface area (Å²) in [6.45, 7) is 3.55. The molecule has 1 aliphatic carbocycles. The third-order valence-electron chi connectivity index (χ3n) is 7.73. The van der Waals surface area contributed by atoms with Crippen LogP contribution in [-0.4, -0.2) is 19.4 Å². The number of alkyl halides is 3. The lowest BCUT2D eigenvalue weighted by Gasteiger charge is -2.38. The highest BCUT2D eigenvalue weighted by Crippen LogP contribution is 2.39. The molecule has 2 aromatic carbocycles. The van der Waals surface area contributed by atoms with Crippen molar-refractivity contribution in [1.82, 2.24) is 0 Å². The molecular weight excluding hydrogens is 487 g/mol. The number of allylic oxidation sites excluding steroid dienone is 1. The van der Waals surface area contributed by atoms with Crippen LogP contribution < -0.4 is 0 Å². The third kappa shape index (κ3) is 7.64. The summed E-state index contributed by atoms with van der Waals surface area (Å²) in [7, 11) is 0. The Balaban J connectivity index is 1.31. The van der Waals surface area contributed by atoms with E-state index in [1.165, 1.54) is 51.4 Å². The summed E-state index contributed by atoms with van der Waals surface area (Å²) in [6, 6.07) is 9.04. The fourth-order valence-corrected chi connectivity index (χ4v) is 5.53. The molecule has 2 aliphatic rings. The lowest BCUT2D eigenvalue weighted by Crippen LogP contribution is -2.34. The number of hydrogen-bond acceptors (Lipinski definition) is 2. The quantitative estimate of drug-likeness (QED) is 0.254. The molecule has 0 unspecified atom stereocenters. The minimum absolute atomic E-state index is 0.183. The van der Waals surface area contributed by atoms with E-state index in [9.17, 15) is 22.0 Å². The normalized spacial score (nSPS) is 25.0. The van der Waals surface area contributed by atoms with Crippen LogP contribution in [0, 0.1) is 29.4 Å². The van der Waals surface area contributed by atoms with Crippen molar-refractivity contribution >= 4 is 6.08 Å². The molecule has 202 valence electrons. The predicted molar refractivity (Wildman–Crippen MR) is 135 cm³/mol. The van der Waals surface area contributed by atoms with E-state index in [1.54, 1.807) is 24.3 Å². The molecule has 1 heterocycles. The Bertz CT molecular complexity index is 1010. The van der Waals surface area contributed by atoms with Gasteiger partial charge in [-0.1, -0.05) is 69.7 Å². The molecule has 0 spiro atoms. The molecule has 1 saturated heterocycles. The Hall–Kier alpha value is -2.25. The lowest BCUT2D eigenvalue weighted by molar-refractivity contribution is -0.214. The van der Waals surface area contributed by atoms with E-state index >= 15 is 0 Å². The van der Waals surface area contributed by atoms with E-state index < -0.39 is 29.7 Å². The van der Waals surface area contributed by atoms with Gasteiger partial charge >= 0.3 is 6.18 Å². The first-order chi connectivity index (χ1) is 17.7. The largest absolute Gasteiger partial charge is 0.409 e. The van der Waals surface area contributed by atoms with Crippen LogP contribution in [0.4, 0.5) is 22.0 Å². The van der Waals surface area contributed by atoms with Crippen LogP contribution in [-0.2, 0) is 9.47 Å². The number of ether oxygens (including phenoxy) is 2. The highest BCUT2D eigenvalue weighted by atomic mass is 19.4. The molecule has 2 fully saturated rings. The molecule has 0 aromatic heterocycles. The highest BCUT2D eigenvalue weighted by Gasteiger charge is 2.32. The van der Waals surface area contributed by atoms with E-state index in [0.29, 0.717) is 36.7 Å². The van der Waals surface area contributed by atoms with Crippen molar-refractivity contribution in [2.45, 2.75) is 70.8 Å². The maximum Gasteiger partial charge on any atom is 0.409 e. The first kappa shape index (κ1) is 27.8. The summed E-state index contributed by atoms with van der Waals surface area (Å²) in [6.07, 6.45) is 5.47. The molecule has 0 bridgehead atoms. The topological polar surface area (TPSA) is 18.5 Å². The molecular formula is C30H35F5O2. The highest BCUT2D eigenvalue weighted by molar-refractivity contribution is 5.67. The summed E-state index contributed by atoms with van der Waals surface area (Å²) >= 11 is 0. The van der Waals surface area contributed by atoms with Crippen LogP contribution in [0.3, 0.4) is 0 Å². The summed E-state index contributed by atoms with van der Waals surface area (Å²) in [5.41, 5.74) is 0.868. The van der Waals surface area contributed by atoms with Crippen molar-refractivity contribution < 1.29 is 31.4 Å². The smallest absolute Gasteiger partial charge is 0.348 e. The van der Waals surface area contributed by atoms with Crippen LogP contribution >= 0.6 is 0 Å². The van der Waals surface area contributed by atoms with E-state index in [1.807, 2.05) is 0 Å².